The number of benzene rings is 11. The first-order chi connectivity index (χ1) is 30.2. The van der Waals surface area contributed by atoms with Gasteiger partial charge in [0.05, 0.1) is 0 Å². The van der Waals surface area contributed by atoms with Gasteiger partial charge in [-0.3, -0.25) is 0 Å². The zero-order chi connectivity index (χ0) is 42.4. The third-order valence-corrected chi connectivity index (χ3v) is 12.5. The number of hydrogen-bond donors (Lipinski definition) is 6. The Morgan fingerprint density at radius 3 is 1.58 bits per heavy atom. The third kappa shape index (κ3) is 5.37. The number of fused-ring (bicyclic) bond motifs is 2. The summed E-state index contributed by atoms with van der Waals surface area (Å²) >= 11 is 0. The average molecular weight is 804 g/mol. The van der Waals surface area contributed by atoms with Gasteiger partial charge >= 0.3 is 0 Å². The van der Waals surface area contributed by atoms with Crippen molar-refractivity contribution in [1.29, 1.82) is 0 Å². The molecule has 6 nitrogen and oxygen atoms in total. The Hall–Kier alpha value is -8.48. The fourth-order valence-electron chi connectivity index (χ4n) is 9.50. The zero-order valence-electron chi connectivity index (χ0n) is 33.2. The van der Waals surface area contributed by atoms with Crippen LogP contribution in [0.25, 0.3) is 104 Å². The van der Waals surface area contributed by atoms with Gasteiger partial charge in [-0.1, -0.05) is 164 Å². The molecule has 7 N–H and O–H groups in total. The second-order valence-corrected chi connectivity index (χ2v) is 15.8. The van der Waals surface area contributed by atoms with Gasteiger partial charge in [0.2, 0.25) is 0 Å². The number of phenolic OH excluding ortho intramolecular Hbond substituents is 5. The highest BCUT2D eigenvalue weighted by Gasteiger charge is 2.32. The van der Waals surface area contributed by atoms with E-state index in [-0.39, 0.29) is 38.5 Å². The highest BCUT2D eigenvalue weighted by Crippen LogP contribution is 2.61. The molecule has 0 bridgehead atoms. The number of nitrogens with two attached hydrogens (primary N) is 1. The lowest BCUT2D eigenvalue weighted by atomic mass is 9.80. The maximum atomic E-state index is 12.4. The van der Waals surface area contributed by atoms with Crippen molar-refractivity contribution >= 4 is 65.1 Å². The van der Waals surface area contributed by atoms with E-state index < -0.39 is 23.0 Å². The summed E-state index contributed by atoms with van der Waals surface area (Å²) in [5, 5.41) is 65.9. The summed E-state index contributed by atoms with van der Waals surface area (Å²) in [6, 6.07) is 54.8. The summed E-state index contributed by atoms with van der Waals surface area (Å²) in [5.41, 5.74) is 15.2. The van der Waals surface area contributed by atoms with Crippen LogP contribution in [-0.4, -0.2) is 25.5 Å². The van der Waals surface area contributed by atoms with Crippen molar-refractivity contribution in [3.8, 4) is 73.3 Å². The molecule has 0 saturated heterocycles. The second kappa shape index (κ2) is 13.8. The van der Waals surface area contributed by atoms with Crippen LogP contribution in [-0.2, 0) is 0 Å². The number of hydrogen-bond acceptors (Lipinski definition) is 6. The van der Waals surface area contributed by atoms with Gasteiger partial charge in [0.1, 0.15) is 5.75 Å². The SMILES string of the molecule is C=C(c1ccccc1)c1ccc(-c2c(N)c(-c3ccc(-c4cccc5ccccc45)cc3)c3c(O)c(O)c4c(-c5ccc6ccccc6c5)c(O)cc5c(O)c(O)c2c3c54)cc1. The van der Waals surface area contributed by atoms with Gasteiger partial charge in [-0.05, 0) is 78.2 Å². The number of nitrogen functional groups attached to an aromatic ring is 1. The molecule has 0 radical (unpaired) electrons. The normalized spacial score (nSPS) is 11.7. The Labute approximate surface area is 355 Å². The van der Waals surface area contributed by atoms with Gasteiger partial charge in [0, 0.05) is 54.7 Å². The van der Waals surface area contributed by atoms with Crippen LogP contribution in [0.3, 0.4) is 0 Å². The van der Waals surface area contributed by atoms with Gasteiger partial charge < -0.3 is 31.3 Å². The number of rotatable bonds is 6. The van der Waals surface area contributed by atoms with Crippen LogP contribution in [0, 0.1) is 0 Å². The van der Waals surface area contributed by atoms with E-state index in [1.54, 1.807) is 0 Å². The van der Waals surface area contributed by atoms with Crippen LogP contribution in [0.2, 0.25) is 0 Å². The van der Waals surface area contributed by atoms with Gasteiger partial charge in [-0.2, -0.15) is 0 Å². The fourth-order valence-corrected chi connectivity index (χ4v) is 9.50. The molecule has 0 aliphatic rings. The van der Waals surface area contributed by atoms with Crippen molar-refractivity contribution in [3.05, 3.63) is 188 Å². The Morgan fingerprint density at radius 2 is 0.887 bits per heavy atom. The van der Waals surface area contributed by atoms with Crippen LogP contribution < -0.4 is 5.73 Å². The topological polar surface area (TPSA) is 127 Å². The molecule has 0 amide bonds. The van der Waals surface area contributed by atoms with E-state index >= 15 is 0 Å². The summed E-state index contributed by atoms with van der Waals surface area (Å²) in [6.07, 6.45) is 0. The van der Waals surface area contributed by atoms with Crippen molar-refractivity contribution in [2.75, 3.05) is 5.73 Å². The highest BCUT2D eigenvalue weighted by atomic mass is 16.3. The molecule has 0 atom stereocenters. The highest BCUT2D eigenvalue weighted by molar-refractivity contribution is 6.38. The molecule has 0 saturated carbocycles. The molecule has 0 unspecified atom stereocenters. The molecule has 296 valence electrons. The molecule has 11 aromatic carbocycles. The first-order valence-corrected chi connectivity index (χ1v) is 20.3. The van der Waals surface area contributed by atoms with E-state index in [1.165, 1.54) is 6.07 Å². The van der Waals surface area contributed by atoms with E-state index in [2.05, 4.69) is 30.8 Å². The Morgan fingerprint density at radius 1 is 0.371 bits per heavy atom. The molecule has 11 rings (SSSR count). The lowest BCUT2D eigenvalue weighted by Crippen LogP contribution is -2.01. The lowest BCUT2D eigenvalue weighted by Gasteiger charge is -2.25. The van der Waals surface area contributed by atoms with E-state index in [0.717, 1.165) is 49.4 Å². The Bertz CT molecular complexity index is 3630. The molecule has 0 aromatic heterocycles. The molecule has 0 spiro atoms. The predicted molar refractivity (Wildman–Crippen MR) is 254 cm³/mol. The first-order valence-electron chi connectivity index (χ1n) is 20.3. The smallest absolute Gasteiger partial charge is 0.166 e. The minimum Gasteiger partial charge on any atom is -0.507 e. The Balaban J connectivity index is 1.23. The molecule has 0 aliphatic heterocycles. The van der Waals surface area contributed by atoms with Gasteiger partial charge in [0.25, 0.3) is 0 Å². The van der Waals surface area contributed by atoms with Crippen molar-refractivity contribution < 1.29 is 25.5 Å². The van der Waals surface area contributed by atoms with E-state index in [9.17, 15) is 25.5 Å². The van der Waals surface area contributed by atoms with Crippen molar-refractivity contribution in [2.45, 2.75) is 0 Å². The fraction of sp³-hybridized carbons (Fsp3) is 0. The molecule has 62 heavy (non-hydrogen) atoms. The molecule has 0 heterocycles. The standard InChI is InChI=1S/C56H37NO5/c1-30(31-10-3-2-4-11-31)32-18-23-36(24-19-32)45-50-48-47-42(53(59)54(50)60)29-43(58)44(39-27-20-33-12-5-6-14-38(33)28-39)49(47)55(61)56(62)51(48)46(52(45)57)37-25-21-35(22-26-37)41-17-9-15-34-13-7-8-16-40(34)41/h2-29,58-62H,1,57H2. The van der Waals surface area contributed by atoms with Gasteiger partial charge in [0.15, 0.2) is 23.0 Å². The lowest BCUT2D eigenvalue weighted by molar-refractivity contribution is 0.410. The van der Waals surface area contributed by atoms with E-state index in [1.807, 2.05) is 140 Å². The minimum atomic E-state index is -0.504. The maximum Gasteiger partial charge on any atom is 0.166 e. The summed E-state index contributed by atoms with van der Waals surface area (Å²) in [7, 11) is 0. The average Bonchev–Trinajstić information content (AvgIpc) is 3.31. The summed E-state index contributed by atoms with van der Waals surface area (Å²) in [6.45, 7) is 4.35. The predicted octanol–water partition coefficient (Wildman–Crippen LogP) is 13.7. The number of anilines is 1. The van der Waals surface area contributed by atoms with Gasteiger partial charge in [-0.15, -0.1) is 0 Å². The molecule has 0 aliphatic carbocycles. The van der Waals surface area contributed by atoms with Gasteiger partial charge in [-0.25, -0.2) is 0 Å². The summed E-state index contributed by atoms with van der Waals surface area (Å²) in [4.78, 5) is 0. The zero-order valence-corrected chi connectivity index (χ0v) is 33.2. The molecule has 11 aromatic rings. The summed E-state index contributed by atoms with van der Waals surface area (Å²) in [5.74, 6) is -2.23. The van der Waals surface area contributed by atoms with Crippen LogP contribution in [0.1, 0.15) is 11.1 Å². The third-order valence-electron chi connectivity index (χ3n) is 12.5. The van der Waals surface area contributed by atoms with Crippen LogP contribution in [0.4, 0.5) is 5.69 Å². The molecular weight excluding hydrogens is 767 g/mol. The minimum absolute atomic E-state index is 0.0924. The number of aromatic hydroxyl groups is 5. The van der Waals surface area contributed by atoms with Crippen LogP contribution in [0.5, 0.6) is 28.7 Å². The van der Waals surface area contributed by atoms with E-state index in [4.69, 9.17) is 5.73 Å². The largest absolute Gasteiger partial charge is 0.507 e. The van der Waals surface area contributed by atoms with Crippen molar-refractivity contribution in [2.24, 2.45) is 0 Å². The van der Waals surface area contributed by atoms with Crippen LogP contribution in [0.15, 0.2) is 176 Å². The second-order valence-electron chi connectivity index (χ2n) is 15.8. The molecular formula is C56H37NO5. The Kier molecular flexibility index (Phi) is 8.14. The quantitative estimate of drug-likeness (QED) is 0.0564. The monoisotopic (exact) mass is 803 g/mol. The van der Waals surface area contributed by atoms with E-state index in [0.29, 0.717) is 38.6 Å². The molecule has 0 fully saturated rings. The van der Waals surface area contributed by atoms with Crippen molar-refractivity contribution in [1.82, 2.24) is 0 Å². The molecule has 6 heteroatoms. The summed E-state index contributed by atoms with van der Waals surface area (Å²) < 4.78 is 0. The van der Waals surface area contributed by atoms with Crippen LogP contribution >= 0.6 is 0 Å². The number of phenols is 5. The van der Waals surface area contributed by atoms with Crippen molar-refractivity contribution in [3.63, 3.8) is 0 Å². The maximum absolute atomic E-state index is 12.4. The first kappa shape index (κ1) is 36.6.